The first-order valence-corrected chi connectivity index (χ1v) is 5.73. The third-order valence-corrected chi connectivity index (χ3v) is 3.26. The van der Waals surface area contributed by atoms with Crippen molar-refractivity contribution in [3.63, 3.8) is 0 Å². The number of Topliss-reactive ketones (excluding diaryl/α,β-unsaturated/α-hetero) is 1. The molecule has 0 spiro atoms. The summed E-state index contributed by atoms with van der Waals surface area (Å²) in [6, 6.07) is 0.223. The maximum Gasteiger partial charge on any atom is 0.160 e. The Morgan fingerprint density at radius 1 is 1.62 bits per heavy atom. The molecule has 2 rings (SSSR count). The molecule has 0 bridgehead atoms. The first-order valence-electron chi connectivity index (χ1n) is 5.73. The highest BCUT2D eigenvalue weighted by molar-refractivity contribution is 5.90. The highest BCUT2D eigenvalue weighted by Crippen LogP contribution is 2.30. The monoisotopic (exact) mass is 222 g/mol. The first kappa shape index (κ1) is 11.3. The minimum Gasteiger partial charge on any atom is -0.319 e. The summed E-state index contributed by atoms with van der Waals surface area (Å²) in [5.41, 5.74) is 5.39. The number of hydrogen-bond donors (Lipinski definition) is 1. The Hall–Kier alpha value is -1.23. The molecule has 1 saturated carbocycles. The van der Waals surface area contributed by atoms with Crippen molar-refractivity contribution < 1.29 is 4.79 Å². The predicted octanol–water partition coefficient (Wildman–Crippen LogP) is 0.852. The van der Waals surface area contributed by atoms with Crippen molar-refractivity contribution >= 4 is 5.78 Å². The smallest absolute Gasteiger partial charge is 0.160 e. The lowest BCUT2D eigenvalue weighted by Gasteiger charge is -2.36. The second-order valence-corrected chi connectivity index (χ2v) is 4.82. The highest BCUT2D eigenvalue weighted by Gasteiger charge is 2.40. The normalized spacial score (nSPS) is 18.5. The zero-order valence-corrected chi connectivity index (χ0v) is 9.81. The molecule has 2 N–H and O–H groups in total. The number of nitrogens with two attached hydrogens (primary N) is 1. The van der Waals surface area contributed by atoms with Crippen molar-refractivity contribution in [2.45, 2.75) is 51.1 Å². The van der Waals surface area contributed by atoms with Crippen LogP contribution in [0.3, 0.4) is 0 Å². The molecule has 1 aliphatic carbocycles. The Morgan fingerprint density at radius 3 is 2.81 bits per heavy atom. The van der Waals surface area contributed by atoms with Crippen LogP contribution in [0.4, 0.5) is 0 Å². The van der Waals surface area contributed by atoms with Crippen LogP contribution in [0.5, 0.6) is 0 Å². The molecule has 1 fully saturated rings. The van der Waals surface area contributed by atoms with E-state index in [9.17, 15) is 4.79 Å². The third kappa shape index (κ3) is 1.87. The van der Waals surface area contributed by atoms with E-state index in [-0.39, 0.29) is 11.8 Å². The fourth-order valence-electron chi connectivity index (χ4n) is 1.99. The summed E-state index contributed by atoms with van der Waals surface area (Å²) in [6.07, 6.45) is 4.46. The molecule has 1 aromatic heterocycles. The molecule has 0 unspecified atom stereocenters. The summed E-state index contributed by atoms with van der Waals surface area (Å²) in [5, 5.41) is 4.11. The summed E-state index contributed by atoms with van der Waals surface area (Å²) >= 11 is 0. The van der Waals surface area contributed by atoms with Gasteiger partial charge in [0.25, 0.3) is 0 Å². The zero-order valence-electron chi connectivity index (χ0n) is 9.81. The molecule has 0 amide bonds. The van der Waals surface area contributed by atoms with E-state index in [0.29, 0.717) is 6.42 Å². The van der Waals surface area contributed by atoms with E-state index in [0.717, 1.165) is 25.1 Å². The van der Waals surface area contributed by atoms with Gasteiger partial charge in [0.05, 0.1) is 12.0 Å². The lowest BCUT2D eigenvalue weighted by atomic mass is 9.73. The van der Waals surface area contributed by atoms with Crippen LogP contribution in [0.2, 0.25) is 0 Å². The van der Waals surface area contributed by atoms with Crippen LogP contribution in [0.25, 0.3) is 0 Å². The highest BCUT2D eigenvalue weighted by atomic mass is 16.1. The summed E-state index contributed by atoms with van der Waals surface area (Å²) in [7, 11) is 0. The van der Waals surface area contributed by atoms with Gasteiger partial charge in [-0.2, -0.15) is 5.10 Å². The molecule has 0 radical (unpaired) electrons. The van der Waals surface area contributed by atoms with E-state index < -0.39 is 5.54 Å². The predicted molar refractivity (Wildman–Crippen MR) is 59.9 cm³/mol. The minimum atomic E-state index is -0.590. The number of aromatic nitrogens is 3. The summed E-state index contributed by atoms with van der Waals surface area (Å²) in [4.78, 5) is 16.1. The van der Waals surface area contributed by atoms with Crippen molar-refractivity contribution in [1.29, 1.82) is 0 Å². The molecule has 0 atom stereocenters. The van der Waals surface area contributed by atoms with E-state index in [2.05, 4.69) is 10.1 Å². The maximum atomic E-state index is 12.0. The summed E-state index contributed by atoms with van der Waals surface area (Å²) < 4.78 is 1.78. The van der Waals surface area contributed by atoms with Gasteiger partial charge in [-0.1, -0.05) is 0 Å². The lowest BCUT2D eigenvalue weighted by molar-refractivity contribution is -0.126. The fraction of sp³-hybridized carbons (Fsp3) is 0.727. The van der Waals surface area contributed by atoms with Crippen LogP contribution in [-0.2, 0) is 11.2 Å². The minimum absolute atomic E-state index is 0.0913. The SMILES string of the molecule is CC(C)n1ncnc1CC(=O)C1(N)CCC1. The van der Waals surface area contributed by atoms with Crippen molar-refractivity contribution in [2.75, 3.05) is 0 Å². The molecule has 1 heterocycles. The van der Waals surface area contributed by atoms with Gasteiger partial charge in [-0.05, 0) is 33.1 Å². The number of carbonyl (C=O) groups excluding carboxylic acids is 1. The first-order chi connectivity index (χ1) is 7.53. The number of hydrogen-bond acceptors (Lipinski definition) is 4. The van der Waals surface area contributed by atoms with Crippen LogP contribution < -0.4 is 5.73 Å². The molecule has 5 nitrogen and oxygen atoms in total. The fourth-order valence-corrected chi connectivity index (χ4v) is 1.99. The quantitative estimate of drug-likeness (QED) is 0.819. The number of rotatable bonds is 4. The van der Waals surface area contributed by atoms with Gasteiger partial charge in [-0.25, -0.2) is 9.67 Å². The van der Waals surface area contributed by atoms with Gasteiger partial charge in [-0.15, -0.1) is 0 Å². The molecule has 5 heteroatoms. The Balaban J connectivity index is 2.09. The number of ketones is 1. The molecule has 88 valence electrons. The molecule has 1 aromatic rings. The average molecular weight is 222 g/mol. The Kier molecular flexibility index (Phi) is 2.80. The largest absolute Gasteiger partial charge is 0.319 e. The van der Waals surface area contributed by atoms with Gasteiger partial charge >= 0.3 is 0 Å². The van der Waals surface area contributed by atoms with E-state index in [1.54, 1.807) is 4.68 Å². The van der Waals surface area contributed by atoms with Crippen molar-refractivity contribution in [3.05, 3.63) is 12.2 Å². The van der Waals surface area contributed by atoms with E-state index in [4.69, 9.17) is 5.73 Å². The third-order valence-electron chi connectivity index (χ3n) is 3.26. The van der Waals surface area contributed by atoms with E-state index in [1.165, 1.54) is 6.33 Å². The number of carbonyl (C=O) groups is 1. The topological polar surface area (TPSA) is 73.8 Å². The lowest BCUT2D eigenvalue weighted by Crippen LogP contribution is -2.54. The van der Waals surface area contributed by atoms with Crippen LogP contribution in [0.1, 0.15) is 45.0 Å². The molecular weight excluding hydrogens is 204 g/mol. The van der Waals surface area contributed by atoms with Crippen LogP contribution >= 0.6 is 0 Å². The molecule has 0 saturated heterocycles. The molecule has 16 heavy (non-hydrogen) atoms. The van der Waals surface area contributed by atoms with Crippen LogP contribution in [0, 0.1) is 0 Å². The zero-order chi connectivity index (χ0) is 11.8. The molecule has 0 aliphatic heterocycles. The van der Waals surface area contributed by atoms with Gasteiger partial charge in [0, 0.05) is 6.04 Å². The van der Waals surface area contributed by atoms with Gasteiger partial charge < -0.3 is 5.73 Å². The van der Waals surface area contributed by atoms with Crippen molar-refractivity contribution in [1.82, 2.24) is 14.8 Å². The summed E-state index contributed by atoms with van der Waals surface area (Å²) in [6.45, 7) is 4.04. The van der Waals surface area contributed by atoms with Gasteiger partial charge in [0.2, 0.25) is 0 Å². The Labute approximate surface area is 95.0 Å². The van der Waals surface area contributed by atoms with E-state index >= 15 is 0 Å². The van der Waals surface area contributed by atoms with Gasteiger partial charge in [0.1, 0.15) is 12.2 Å². The van der Waals surface area contributed by atoms with Crippen LogP contribution in [0.15, 0.2) is 6.33 Å². The Morgan fingerprint density at radius 2 is 2.31 bits per heavy atom. The second kappa shape index (κ2) is 3.97. The van der Waals surface area contributed by atoms with E-state index in [1.807, 2.05) is 13.8 Å². The van der Waals surface area contributed by atoms with Gasteiger partial charge in [0.15, 0.2) is 5.78 Å². The number of nitrogens with zero attached hydrogens (tertiary/aromatic N) is 3. The Bertz CT molecular complexity index is 392. The van der Waals surface area contributed by atoms with Crippen molar-refractivity contribution in [3.8, 4) is 0 Å². The standard InChI is InChI=1S/C11H18N4O/c1-8(2)15-10(13-7-14-15)6-9(16)11(12)4-3-5-11/h7-8H,3-6,12H2,1-2H3. The average Bonchev–Trinajstić information content (AvgIpc) is 2.62. The summed E-state index contributed by atoms with van der Waals surface area (Å²) in [5.74, 6) is 0.811. The van der Waals surface area contributed by atoms with Crippen molar-refractivity contribution in [2.24, 2.45) is 5.73 Å². The van der Waals surface area contributed by atoms with Crippen LogP contribution in [-0.4, -0.2) is 26.1 Å². The second-order valence-electron chi connectivity index (χ2n) is 4.82. The molecule has 1 aliphatic rings. The van der Waals surface area contributed by atoms with Gasteiger partial charge in [-0.3, -0.25) is 4.79 Å². The maximum absolute atomic E-state index is 12.0. The molecule has 0 aromatic carbocycles. The molecular formula is C11H18N4O.